The van der Waals surface area contributed by atoms with Crippen LogP contribution in [0, 0.1) is 6.92 Å². The molecule has 1 amide bonds. The molecule has 29 heavy (non-hydrogen) atoms. The number of rotatable bonds is 5. The number of fused-ring (bicyclic) bond motifs is 1. The largest absolute Gasteiger partial charge is 0.481 e. The molecule has 0 radical (unpaired) electrons. The molecule has 1 aromatic heterocycles. The van der Waals surface area contributed by atoms with Gasteiger partial charge in [0.15, 0.2) is 11.7 Å². The standard InChI is InChI=1S/C23H19ClN2O3/c1-14-12-17(24)10-11-20(14)28-15(2)22(27)25-18-7-5-6-16(13-18)23-26-19-8-3-4-9-21(19)29-23/h3-13,15H,1-2H3,(H,25,27)/t15-/m0/s1. The van der Waals surface area contributed by atoms with Gasteiger partial charge in [0.05, 0.1) is 0 Å². The lowest BCUT2D eigenvalue weighted by molar-refractivity contribution is -0.122. The summed E-state index contributed by atoms with van der Waals surface area (Å²) in [6, 6.07) is 20.2. The first-order valence-electron chi connectivity index (χ1n) is 9.19. The Bertz CT molecular complexity index is 1150. The molecular formula is C23H19ClN2O3. The number of nitrogens with one attached hydrogen (secondary N) is 1. The van der Waals surface area contributed by atoms with E-state index >= 15 is 0 Å². The first-order valence-corrected chi connectivity index (χ1v) is 9.57. The third-order valence-electron chi connectivity index (χ3n) is 4.48. The van der Waals surface area contributed by atoms with Crippen LogP contribution in [-0.2, 0) is 4.79 Å². The Hall–Kier alpha value is -3.31. The Labute approximate surface area is 173 Å². The van der Waals surface area contributed by atoms with Gasteiger partial charge in [-0.25, -0.2) is 4.98 Å². The number of carbonyl (C=O) groups is 1. The van der Waals surface area contributed by atoms with Crippen molar-refractivity contribution in [1.82, 2.24) is 4.98 Å². The normalized spacial score (nSPS) is 12.0. The van der Waals surface area contributed by atoms with Crippen molar-refractivity contribution >= 4 is 34.3 Å². The van der Waals surface area contributed by atoms with Gasteiger partial charge in [0.1, 0.15) is 11.3 Å². The van der Waals surface area contributed by atoms with Crippen LogP contribution in [0.4, 0.5) is 5.69 Å². The van der Waals surface area contributed by atoms with Gasteiger partial charge in [-0.2, -0.15) is 0 Å². The van der Waals surface area contributed by atoms with Gasteiger partial charge < -0.3 is 14.5 Å². The minimum atomic E-state index is -0.678. The fourth-order valence-corrected chi connectivity index (χ4v) is 3.19. The third kappa shape index (κ3) is 4.25. The number of aromatic nitrogens is 1. The van der Waals surface area contributed by atoms with E-state index in [1.165, 1.54) is 0 Å². The molecule has 146 valence electrons. The smallest absolute Gasteiger partial charge is 0.265 e. The minimum Gasteiger partial charge on any atom is -0.481 e. The SMILES string of the molecule is Cc1cc(Cl)ccc1O[C@@H](C)C(=O)Nc1cccc(-c2nc3ccccc3o2)c1. The van der Waals surface area contributed by atoms with Crippen molar-refractivity contribution in [3.63, 3.8) is 0 Å². The Morgan fingerprint density at radius 3 is 2.72 bits per heavy atom. The highest BCUT2D eigenvalue weighted by Gasteiger charge is 2.17. The van der Waals surface area contributed by atoms with Gasteiger partial charge in [-0.05, 0) is 67.9 Å². The van der Waals surface area contributed by atoms with Crippen molar-refractivity contribution in [2.75, 3.05) is 5.32 Å². The molecule has 0 aliphatic rings. The van der Waals surface area contributed by atoms with E-state index in [0.29, 0.717) is 22.4 Å². The van der Waals surface area contributed by atoms with Gasteiger partial charge in [0.25, 0.3) is 5.91 Å². The molecule has 1 heterocycles. The highest BCUT2D eigenvalue weighted by Crippen LogP contribution is 2.27. The average molecular weight is 407 g/mol. The fraction of sp³-hybridized carbons (Fsp3) is 0.130. The number of anilines is 1. The summed E-state index contributed by atoms with van der Waals surface area (Å²) in [4.78, 5) is 17.1. The van der Waals surface area contributed by atoms with Crippen LogP contribution in [0.5, 0.6) is 5.75 Å². The molecule has 0 saturated heterocycles. The molecule has 0 unspecified atom stereocenters. The quantitative estimate of drug-likeness (QED) is 0.450. The average Bonchev–Trinajstić information content (AvgIpc) is 3.14. The summed E-state index contributed by atoms with van der Waals surface area (Å²) in [5, 5.41) is 3.51. The Morgan fingerprint density at radius 1 is 1.10 bits per heavy atom. The zero-order valence-corrected chi connectivity index (χ0v) is 16.7. The fourth-order valence-electron chi connectivity index (χ4n) is 2.96. The molecule has 6 heteroatoms. The zero-order valence-electron chi connectivity index (χ0n) is 16.0. The molecule has 1 atom stereocenters. The lowest BCUT2D eigenvalue weighted by atomic mass is 10.2. The van der Waals surface area contributed by atoms with Gasteiger partial charge in [0.2, 0.25) is 5.89 Å². The summed E-state index contributed by atoms with van der Waals surface area (Å²) in [5.74, 6) is 0.870. The topological polar surface area (TPSA) is 64.4 Å². The molecule has 4 aromatic rings. The number of carbonyl (C=O) groups excluding carboxylic acids is 1. The minimum absolute atomic E-state index is 0.255. The maximum atomic E-state index is 12.6. The second-order valence-corrected chi connectivity index (χ2v) is 7.16. The van der Waals surface area contributed by atoms with E-state index in [1.807, 2.05) is 55.5 Å². The van der Waals surface area contributed by atoms with Crippen LogP contribution in [-0.4, -0.2) is 17.0 Å². The van der Waals surface area contributed by atoms with E-state index < -0.39 is 6.10 Å². The van der Waals surface area contributed by atoms with Crippen molar-refractivity contribution in [3.05, 3.63) is 77.3 Å². The van der Waals surface area contributed by atoms with E-state index in [4.69, 9.17) is 20.8 Å². The molecular weight excluding hydrogens is 388 g/mol. The van der Waals surface area contributed by atoms with Crippen molar-refractivity contribution in [3.8, 4) is 17.2 Å². The van der Waals surface area contributed by atoms with E-state index in [9.17, 15) is 4.79 Å². The Morgan fingerprint density at radius 2 is 1.93 bits per heavy atom. The van der Waals surface area contributed by atoms with Crippen molar-refractivity contribution in [2.24, 2.45) is 0 Å². The second kappa shape index (κ2) is 7.97. The van der Waals surface area contributed by atoms with Crippen LogP contribution in [0.3, 0.4) is 0 Å². The van der Waals surface area contributed by atoms with Gasteiger partial charge in [0, 0.05) is 16.3 Å². The summed E-state index contributed by atoms with van der Waals surface area (Å²) in [6.07, 6.45) is -0.678. The molecule has 0 aliphatic heterocycles. The second-order valence-electron chi connectivity index (χ2n) is 6.73. The number of para-hydroxylation sites is 2. The molecule has 0 spiro atoms. The van der Waals surface area contributed by atoms with Crippen LogP contribution in [0.25, 0.3) is 22.6 Å². The van der Waals surface area contributed by atoms with Gasteiger partial charge in [-0.1, -0.05) is 29.8 Å². The summed E-state index contributed by atoms with van der Waals surface area (Å²) in [7, 11) is 0. The number of nitrogens with zero attached hydrogens (tertiary/aromatic N) is 1. The monoisotopic (exact) mass is 406 g/mol. The maximum absolute atomic E-state index is 12.6. The van der Waals surface area contributed by atoms with Crippen LogP contribution in [0.1, 0.15) is 12.5 Å². The molecule has 0 saturated carbocycles. The molecule has 1 N–H and O–H groups in total. The number of hydrogen-bond acceptors (Lipinski definition) is 4. The van der Waals surface area contributed by atoms with E-state index in [-0.39, 0.29) is 5.91 Å². The lowest BCUT2D eigenvalue weighted by Crippen LogP contribution is -2.30. The Kier molecular flexibility index (Phi) is 5.23. The van der Waals surface area contributed by atoms with Crippen molar-refractivity contribution in [2.45, 2.75) is 20.0 Å². The highest BCUT2D eigenvalue weighted by molar-refractivity contribution is 6.30. The molecule has 0 bridgehead atoms. The first-order chi connectivity index (χ1) is 14.0. The van der Waals surface area contributed by atoms with E-state index in [0.717, 1.165) is 22.2 Å². The van der Waals surface area contributed by atoms with Crippen molar-refractivity contribution < 1.29 is 13.9 Å². The predicted molar refractivity (Wildman–Crippen MR) is 114 cm³/mol. The van der Waals surface area contributed by atoms with Gasteiger partial charge in [-0.3, -0.25) is 4.79 Å². The number of oxazole rings is 1. The molecule has 5 nitrogen and oxygen atoms in total. The number of ether oxygens (including phenoxy) is 1. The van der Waals surface area contributed by atoms with Crippen molar-refractivity contribution in [1.29, 1.82) is 0 Å². The number of amides is 1. The predicted octanol–water partition coefficient (Wildman–Crippen LogP) is 5.86. The number of halogens is 1. The summed E-state index contributed by atoms with van der Waals surface area (Å²) in [6.45, 7) is 3.59. The van der Waals surface area contributed by atoms with Crippen LogP contribution >= 0.6 is 11.6 Å². The molecule has 4 rings (SSSR count). The van der Waals surface area contributed by atoms with Gasteiger partial charge >= 0.3 is 0 Å². The zero-order chi connectivity index (χ0) is 20.4. The maximum Gasteiger partial charge on any atom is 0.265 e. The van der Waals surface area contributed by atoms with Crippen LogP contribution < -0.4 is 10.1 Å². The summed E-state index contributed by atoms with van der Waals surface area (Å²) in [5.41, 5.74) is 3.80. The Balaban J connectivity index is 1.49. The first kappa shape index (κ1) is 19.0. The van der Waals surface area contributed by atoms with E-state index in [2.05, 4.69) is 10.3 Å². The molecule has 0 fully saturated rings. The number of benzene rings is 3. The van der Waals surface area contributed by atoms with Crippen LogP contribution in [0.15, 0.2) is 71.1 Å². The number of hydrogen-bond donors (Lipinski definition) is 1. The summed E-state index contributed by atoms with van der Waals surface area (Å²) < 4.78 is 11.6. The summed E-state index contributed by atoms with van der Waals surface area (Å²) >= 11 is 5.97. The van der Waals surface area contributed by atoms with Gasteiger partial charge in [-0.15, -0.1) is 0 Å². The highest BCUT2D eigenvalue weighted by atomic mass is 35.5. The van der Waals surface area contributed by atoms with E-state index in [1.54, 1.807) is 25.1 Å². The molecule has 0 aliphatic carbocycles. The molecule has 3 aromatic carbocycles. The van der Waals surface area contributed by atoms with Crippen LogP contribution in [0.2, 0.25) is 5.02 Å². The third-order valence-corrected chi connectivity index (χ3v) is 4.72. The number of aryl methyl sites for hydroxylation is 1. The lowest BCUT2D eigenvalue weighted by Gasteiger charge is -2.16.